The number of thiazole rings is 1. The highest BCUT2D eigenvalue weighted by molar-refractivity contribution is 7.13. The molecule has 0 aliphatic heterocycles. The molecule has 130 valence electrons. The summed E-state index contributed by atoms with van der Waals surface area (Å²) in [6, 6.07) is 7.53. The molecule has 0 spiro atoms. The molecule has 0 atom stereocenters. The van der Waals surface area contributed by atoms with Crippen molar-refractivity contribution in [3.05, 3.63) is 56.9 Å². The summed E-state index contributed by atoms with van der Waals surface area (Å²) in [5.41, 5.74) is 1.61. The monoisotopic (exact) mass is 375 g/mol. The molecule has 2 aromatic heterocycles. The van der Waals surface area contributed by atoms with E-state index in [4.69, 9.17) is 21.3 Å². The molecule has 0 aliphatic rings. The van der Waals surface area contributed by atoms with Gasteiger partial charge in [-0.05, 0) is 12.1 Å². The third kappa shape index (κ3) is 3.75. The predicted molar refractivity (Wildman–Crippen MR) is 101 cm³/mol. The maximum atomic E-state index is 11.8. The van der Waals surface area contributed by atoms with Crippen LogP contribution < -0.4 is 10.3 Å². The number of ether oxygens (including phenoxy) is 1. The molecule has 3 aromatic rings. The number of hydrogen-bond donors (Lipinski definition) is 0. The molecule has 0 N–H and O–H groups in total. The lowest BCUT2D eigenvalue weighted by atomic mass is 9.93. The Bertz CT molecular complexity index is 973. The van der Waals surface area contributed by atoms with Gasteiger partial charge in [0.2, 0.25) is 0 Å². The van der Waals surface area contributed by atoms with E-state index in [0.717, 1.165) is 20.9 Å². The Morgan fingerprint density at radius 1 is 1.28 bits per heavy atom. The highest BCUT2D eigenvalue weighted by Gasteiger charge is 2.18. The Hall–Kier alpha value is -2.18. The van der Waals surface area contributed by atoms with E-state index in [2.05, 4.69) is 31.2 Å². The van der Waals surface area contributed by atoms with Crippen LogP contribution in [0.5, 0.6) is 11.5 Å². The first-order valence-electron chi connectivity index (χ1n) is 7.72. The summed E-state index contributed by atoms with van der Waals surface area (Å²) in [6.45, 7) is 6.41. The van der Waals surface area contributed by atoms with E-state index in [0.29, 0.717) is 5.75 Å². The van der Waals surface area contributed by atoms with E-state index >= 15 is 0 Å². The van der Waals surface area contributed by atoms with E-state index in [1.165, 1.54) is 13.2 Å². The molecule has 7 heteroatoms. The van der Waals surface area contributed by atoms with Gasteiger partial charge in [-0.2, -0.15) is 5.10 Å². The van der Waals surface area contributed by atoms with Crippen LogP contribution in [0.4, 0.5) is 0 Å². The highest BCUT2D eigenvalue weighted by atomic mass is 35.5. The predicted octanol–water partition coefficient (Wildman–Crippen LogP) is 4.65. The van der Waals surface area contributed by atoms with E-state index in [-0.39, 0.29) is 16.2 Å². The summed E-state index contributed by atoms with van der Waals surface area (Å²) >= 11 is 7.64. The van der Waals surface area contributed by atoms with Crippen molar-refractivity contribution in [3.63, 3.8) is 0 Å². The fourth-order valence-corrected chi connectivity index (χ4v) is 3.39. The first kappa shape index (κ1) is 17.6. The second-order valence-electron chi connectivity index (χ2n) is 6.67. The third-order valence-corrected chi connectivity index (χ3v) is 4.87. The SMILES string of the molecule is Cn1ncc(Oc2cccc(-c3nc(C(C)(C)C)cs3)c2)c(Cl)c1=O. The lowest BCUT2D eigenvalue weighted by Crippen LogP contribution is -2.19. The minimum Gasteiger partial charge on any atom is -0.454 e. The summed E-state index contributed by atoms with van der Waals surface area (Å²) < 4.78 is 6.91. The Morgan fingerprint density at radius 2 is 2.04 bits per heavy atom. The van der Waals surface area contributed by atoms with Crippen molar-refractivity contribution in [2.24, 2.45) is 7.05 Å². The van der Waals surface area contributed by atoms with Crippen LogP contribution in [0.15, 0.2) is 40.6 Å². The van der Waals surface area contributed by atoms with Gasteiger partial charge in [-0.25, -0.2) is 9.67 Å². The first-order valence-corrected chi connectivity index (χ1v) is 8.97. The van der Waals surface area contributed by atoms with Crippen LogP contribution in [0.25, 0.3) is 10.6 Å². The average Bonchev–Trinajstić information content (AvgIpc) is 3.06. The van der Waals surface area contributed by atoms with Gasteiger partial charge in [0.25, 0.3) is 5.56 Å². The molecule has 0 fully saturated rings. The van der Waals surface area contributed by atoms with E-state index in [9.17, 15) is 4.79 Å². The van der Waals surface area contributed by atoms with E-state index in [1.807, 2.05) is 18.2 Å². The van der Waals surface area contributed by atoms with Crippen molar-refractivity contribution in [3.8, 4) is 22.1 Å². The van der Waals surface area contributed by atoms with Crippen LogP contribution in [0, 0.1) is 0 Å². The summed E-state index contributed by atoms with van der Waals surface area (Å²) in [5.74, 6) is 0.804. The van der Waals surface area contributed by atoms with Crippen molar-refractivity contribution in [2.75, 3.05) is 0 Å². The van der Waals surface area contributed by atoms with Crippen LogP contribution in [-0.4, -0.2) is 14.8 Å². The van der Waals surface area contributed by atoms with Crippen molar-refractivity contribution >= 4 is 22.9 Å². The molecule has 1 aromatic carbocycles. The topological polar surface area (TPSA) is 57.0 Å². The van der Waals surface area contributed by atoms with Crippen molar-refractivity contribution in [1.29, 1.82) is 0 Å². The standard InChI is InChI=1S/C18H18ClN3O2S/c1-18(2,3)14-10-25-16(21-14)11-6-5-7-12(8-11)24-13-9-20-22(4)17(23)15(13)19/h5-10H,1-4H3. The number of aromatic nitrogens is 3. The van der Waals surface area contributed by atoms with E-state index < -0.39 is 5.56 Å². The van der Waals surface area contributed by atoms with Crippen molar-refractivity contribution in [1.82, 2.24) is 14.8 Å². The lowest BCUT2D eigenvalue weighted by Gasteiger charge is -2.14. The van der Waals surface area contributed by atoms with Gasteiger partial charge in [0, 0.05) is 23.4 Å². The molecular formula is C18H18ClN3O2S. The molecule has 0 saturated carbocycles. The highest BCUT2D eigenvalue weighted by Crippen LogP contribution is 2.33. The van der Waals surface area contributed by atoms with Gasteiger partial charge in [0.1, 0.15) is 10.8 Å². The second-order valence-corrected chi connectivity index (χ2v) is 7.91. The Kier molecular flexibility index (Phi) is 4.67. The lowest BCUT2D eigenvalue weighted by molar-refractivity contribution is 0.473. The molecule has 0 unspecified atom stereocenters. The fraction of sp³-hybridized carbons (Fsp3) is 0.278. The summed E-state index contributed by atoms with van der Waals surface area (Å²) in [7, 11) is 1.54. The Labute approximate surface area is 154 Å². The van der Waals surface area contributed by atoms with Crippen LogP contribution in [0.1, 0.15) is 26.5 Å². The second kappa shape index (κ2) is 6.61. The van der Waals surface area contributed by atoms with Crippen LogP contribution in [0.2, 0.25) is 5.02 Å². The summed E-state index contributed by atoms with van der Waals surface area (Å²) in [4.78, 5) is 16.6. The maximum absolute atomic E-state index is 11.8. The van der Waals surface area contributed by atoms with Gasteiger partial charge in [0.15, 0.2) is 10.8 Å². The molecule has 0 radical (unpaired) electrons. The van der Waals surface area contributed by atoms with Crippen LogP contribution >= 0.6 is 22.9 Å². The smallest absolute Gasteiger partial charge is 0.289 e. The molecule has 0 saturated heterocycles. The van der Waals surface area contributed by atoms with Gasteiger partial charge in [-0.3, -0.25) is 4.79 Å². The Morgan fingerprint density at radius 3 is 2.72 bits per heavy atom. The minimum absolute atomic E-state index is 0.00610. The molecule has 3 rings (SSSR count). The normalized spacial score (nSPS) is 11.6. The van der Waals surface area contributed by atoms with Crippen molar-refractivity contribution < 1.29 is 4.74 Å². The quantitative estimate of drug-likeness (QED) is 0.668. The Balaban J connectivity index is 1.91. The molecule has 25 heavy (non-hydrogen) atoms. The largest absolute Gasteiger partial charge is 0.454 e. The number of halogens is 1. The number of rotatable bonds is 3. The number of aryl methyl sites for hydroxylation is 1. The number of hydrogen-bond acceptors (Lipinski definition) is 5. The van der Waals surface area contributed by atoms with Gasteiger partial charge in [-0.1, -0.05) is 44.5 Å². The molecule has 2 heterocycles. The molecule has 0 bridgehead atoms. The number of benzene rings is 1. The van der Waals surface area contributed by atoms with E-state index in [1.54, 1.807) is 17.4 Å². The zero-order valence-electron chi connectivity index (χ0n) is 14.4. The van der Waals surface area contributed by atoms with Gasteiger partial charge in [-0.15, -0.1) is 11.3 Å². The van der Waals surface area contributed by atoms with Crippen LogP contribution in [0.3, 0.4) is 0 Å². The summed E-state index contributed by atoms with van der Waals surface area (Å²) in [6.07, 6.45) is 1.43. The average molecular weight is 376 g/mol. The zero-order valence-corrected chi connectivity index (χ0v) is 16.0. The molecule has 0 aliphatic carbocycles. The maximum Gasteiger partial charge on any atom is 0.289 e. The minimum atomic E-state index is -0.398. The molecule has 5 nitrogen and oxygen atoms in total. The first-order chi connectivity index (χ1) is 11.8. The van der Waals surface area contributed by atoms with Gasteiger partial charge in [0.05, 0.1) is 11.9 Å². The van der Waals surface area contributed by atoms with Crippen LogP contribution in [-0.2, 0) is 12.5 Å². The van der Waals surface area contributed by atoms with Crippen molar-refractivity contribution in [2.45, 2.75) is 26.2 Å². The molecular weight excluding hydrogens is 358 g/mol. The van der Waals surface area contributed by atoms with Gasteiger partial charge < -0.3 is 4.74 Å². The number of nitrogens with zero attached hydrogens (tertiary/aromatic N) is 3. The van der Waals surface area contributed by atoms with Gasteiger partial charge >= 0.3 is 0 Å². The zero-order chi connectivity index (χ0) is 18.2. The summed E-state index contributed by atoms with van der Waals surface area (Å²) in [5, 5.41) is 6.93. The fourth-order valence-electron chi connectivity index (χ4n) is 2.14. The molecule has 0 amide bonds. The third-order valence-electron chi connectivity index (χ3n) is 3.63.